The molecule has 2 rings (SSSR count). The van der Waals surface area contributed by atoms with E-state index < -0.39 is 6.10 Å². The molecule has 6 heteroatoms. The fourth-order valence-corrected chi connectivity index (χ4v) is 2.57. The van der Waals surface area contributed by atoms with E-state index in [4.69, 9.17) is 0 Å². The summed E-state index contributed by atoms with van der Waals surface area (Å²) in [5, 5.41) is 16.8. The Kier molecular flexibility index (Phi) is 5.32. The van der Waals surface area contributed by atoms with Crippen molar-refractivity contribution in [2.24, 2.45) is 5.92 Å². The third-order valence-corrected chi connectivity index (χ3v) is 3.69. The number of hydrogen-bond donors (Lipinski definition) is 2. The van der Waals surface area contributed by atoms with Crippen molar-refractivity contribution >= 4 is 5.91 Å². The van der Waals surface area contributed by atoms with Gasteiger partial charge in [-0.2, -0.15) is 5.10 Å². The zero-order chi connectivity index (χ0) is 13.5. The van der Waals surface area contributed by atoms with Gasteiger partial charge in [-0.15, -0.1) is 0 Å². The molecular weight excluding hydrogens is 244 g/mol. The highest BCUT2D eigenvalue weighted by Crippen LogP contribution is 2.26. The van der Waals surface area contributed by atoms with Crippen LogP contribution in [-0.2, 0) is 11.3 Å². The van der Waals surface area contributed by atoms with Crippen molar-refractivity contribution < 1.29 is 9.90 Å². The van der Waals surface area contributed by atoms with E-state index in [2.05, 4.69) is 15.4 Å². The molecule has 1 aromatic rings. The van der Waals surface area contributed by atoms with Crippen LogP contribution in [0.2, 0.25) is 0 Å². The van der Waals surface area contributed by atoms with Crippen molar-refractivity contribution in [2.45, 2.75) is 51.2 Å². The predicted molar refractivity (Wildman–Crippen MR) is 70.2 cm³/mol. The van der Waals surface area contributed by atoms with Crippen LogP contribution in [0.5, 0.6) is 0 Å². The predicted octanol–water partition coefficient (Wildman–Crippen LogP) is 0.726. The molecule has 0 spiro atoms. The second-order valence-corrected chi connectivity index (χ2v) is 5.15. The van der Waals surface area contributed by atoms with Crippen LogP contribution in [0.4, 0.5) is 0 Å². The standard InChI is InChI=1S/C13H22N4O2/c18-12(11-5-2-1-3-6-11)13(19)15-7-4-8-17-10-14-9-16-17/h9-12,18H,1-8H2,(H,15,19)/t12-/m1/s1. The van der Waals surface area contributed by atoms with E-state index >= 15 is 0 Å². The molecule has 1 saturated carbocycles. The van der Waals surface area contributed by atoms with Gasteiger partial charge in [0.25, 0.3) is 0 Å². The maximum Gasteiger partial charge on any atom is 0.249 e. The van der Waals surface area contributed by atoms with Crippen LogP contribution in [0.3, 0.4) is 0 Å². The minimum Gasteiger partial charge on any atom is -0.383 e. The van der Waals surface area contributed by atoms with E-state index in [-0.39, 0.29) is 11.8 Å². The van der Waals surface area contributed by atoms with Crippen molar-refractivity contribution in [2.75, 3.05) is 6.54 Å². The molecule has 1 atom stereocenters. The summed E-state index contributed by atoms with van der Waals surface area (Å²) in [5.41, 5.74) is 0. The van der Waals surface area contributed by atoms with Gasteiger partial charge in [-0.05, 0) is 25.2 Å². The Morgan fingerprint density at radius 3 is 2.89 bits per heavy atom. The molecule has 6 nitrogen and oxygen atoms in total. The summed E-state index contributed by atoms with van der Waals surface area (Å²) in [7, 11) is 0. The molecule has 1 fully saturated rings. The summed E-state index contributed by atoms with van der Waals surface area (Å²) in [6.45, 7) is 1.28. The number of carbonyl (C=O) groups is 1. The van der Waals surface area contributed by atoms with Crippen molar-refractivity contribution in [3.05, 3.63) is 12.7 Å². The maximum atomic E-state index is 11.8. The van der Waals surface area contributed by atoms with E-state index in [0.29, 0.717) is 6.54 Å². The summed E-state index contributed by atoms with van der Waals surface area (Å²) < 4.78 is 1.73. The zero-order valence-electron chi connectivity index (χ0n) is 11.2. The van der Waals surface area contributed by atoms with Gasteiger partial charge in [0, 0.05) is 13.1 Å². The number of hydrogen-bond acceptors (Lipinski definition) is 4. The number of carbonyl (C=O) groups excluding carboxylic acids is 1. The Morgan fingerprint density at radius 1 is 1.42 bits per heavy atom. The van der Waals surface area contributed by atoms with Crippen LogP contribution in [0.25, 0.3) is 0 Å². The number of aromatic nitrogens is 3. The molecule has 1 aliphatic carbocycles. The van der Waals surface area contributed by atoms with Gasteiger partial charge in [0.15, 0.2) is 0 Å². The normalized spacial score (nSPS) is 18.2. The molecule has 1 aromatic heterocycles. The first-order chi connectivity index (χ1) is 9.27. The van der Waals surface area contributed by atoms with Gasteiger partial charge >= 0.3 is 0 Å². The van der Waals surface area contributed by atoms with Crippen LogP contribution in [0.1, 0.15) is 38.5 Å². The SMILES string of the molecule is O=C(NCCCn1cncn1)[C@H](O)C1CCCCC1. The van der Waals surface area contributed by atoms with Gasteiger partial charge in [0.2, 0.25) is 5.91 Å². The molecule has 1 aliphatic rings. The highest BCUT2D eigenvalue weighted by molar-refractivity contribution is 5.80. The van der Waals surface area contributed by atoms with E-state index in [9.17, 15) is 9.90 Å². The van der Waals surface area contributed by atoms with Crippen molar-refractivity contribution in [3.63, 3.8) is 0 Å². The average Bonchev–Trinajstić information content (AvgIpc) is 2.96. The Labute approximate surface area is 113 Å². The number of rotatable bonds is 6. The van der Waals surface area contributed by atoms with Crippen molar-refractivity contribution in [3.8, 4) is 0 Å². The lowest BCUT2D eigenvalue weighted by Gasteiger charge is -2.25. The molecule has 0 radical (unpaired) electrons. The first kappa shape index (κ1) is 14.0. The summed E-state index contributed by atoms with van der Waals surface area (Å²) in [4.78, 5) is 15.7. The summed E-state index contributed by atoms with van der Waals surface area (Å²) in [6, 6.07) is 0. The van der Waals surface area contributed by atoms with Gasteiger partial charge in [0.1, 0.15) is 18.8 Å². The summed E-state index contributed by atoms with van der Waals surface area (Å²) >= 11 is 0. The Balaban J connectivity index is 1.63. The molecule has 1 heterocycles. The zero-order valence-corrected chi connectivity index (χ0v) is 11.2. The fourth-order valence-electron chi connectivity index (χ4n) is 2.57. The third-order valence-electron chi connectivity index (χ3n) is 3.69. The van der Waals surface area contributed by atoms with Crippen molar-refractivity contribution in [1.29, 1.82) is 0 Å². The number of aliphatic hydroxyl groups is 1. The number of amides is 1. The molecule has 106 valence electrons. The summed E-state index contributed by atoms with van der Waals surface area (Å²) in [5.74, 6) is -0.0884. The van der Waals surface area contributed by atoms with E-state index in [1.165, 1.54) is 12.7 Å². The molecule has 1 amide bonds. The molecule has 19 heavy (non-hydrogen) atoms. The molecule has 0 bridgehead atoms. The number of nitrogens with zero attached hydrogens (tertiary/aromatic N) is 3. The van der Waals surface area contributed by atoms with Crippen LogP contribution in [-0.4, -0.2) is 38.4 Å². The molecular formula is C13H22N4O2. The second kappa shape index (κ2) is 7.23. The van der Waals surface area contributed by atoms with Gasteiger partial charge in [-0.1, -0.05) is 19.3 Å². The third kappa shape index (κ3) is 4.31. The Hall–Kier alpha value is -1.43. The lowest BCUT2D eigenvalue weighted by Crippen LogP contribution is -2.40. The molecule has 2 N–H and O–H groups in total. The highest BCUT2D eigenvalue weighted by atomic mass is 16.3. The van der Waals surface area contributed by atoms with Gasteiger partial charge in [-0.3, -0.25) is 9.48 Å². The van der Waals surface area contributed by atoms with E-state index in [0.717, 1.165) is 38.6 Å². The van der Waals surface area contributed by atoms with Crippen LogP contribution in [0, 0.1) is 5.92 Å². The van der Waals surface area contributed by atoms with Gasteiger partial charge in [0.05, 0.1) is 0 Å². The summed E-state index contributed by atoms with van der Waals surface area (Å²) in [6.07, 6.45) is 8.50. The first-order valence-corrected chi connectivity index (χ1v) is 7.05. The number of aryl methyl sites for hydroxylation is 1. The lowest BCUT2D eigenvalue weighted by atomic mass is 9.85. The Morgan fingerprint density at radius 2 is 2.21 bits per heavy atom. The van der Waals surface area contributed by atoms with Gasteiger partial charge < -0.3 is 10.4 Å². The van der Waals surface area contributed by atoms with Crippen LogP contribution in [0.15, 0.2) is 12.7 Å². The molecule has 0 unspecified atom stereocenters. The molecule has 0 aromatic carbocycles. The van der Waals surface area contributed by atoms with Crippen LogP contribution < -0.4 is 5.32 Å². The van der Waals surface area contributed by atoms with Gasteiger partial charge in [-0.25, -0.2) is 4.98 Å². The highest BCUT2D eigenvalue weighted by Gasteiger charge is 2.26. The minimum absolute atomic E-state index is 0.143. The largest absolute Gasteiger partial charge is 0.383 e. The quantitative estimate of drug-likeness (QED) is 0.744. The Bertz CT molecular complexity index is 374. The molecule has 0 aliphatic heterocycles. The number of aliphatic hydroxyl groups excluding tert-OH is 1. The fraction of sp³-hybridized carbons (Fsp3) is 0.769. The number of nitrogens with one attached hydrogen (secondary N) is 1. The smallest absolute Gasteiger partial charge is 0.249 e. The maximum absolute atomic E-state index is 11.8. The topological polar surface area (TPSA) is 80.0 Å². The average molecular weight is 266 g/mol. The van der Waals surface area contributed by atoms with Crippen molar-refractivity contribution in [1.82, 2.24) is 20.1 Å². The second-order valence-electron chi connectivity index (χ2n) is 5.15. The van der Waals surface area contributed by atoms with Crippen LogP contribution >= 0.6 is 0 Å². The minimum atomic E-state index is -0.841. The first-order valence-electron chi connectivity index (χ1n) is 7.05. The van der Waals surface area contributed by atoms with E-state index in [1.807, 2.05) is 0 Å². The van der Waals surface area contributed by atoms with E-state index in [1.54, 1.807) is 11.0 Å². The monoisotopic (exact) mass is 266 g/mol. The lowest BCUT2D eigenvalue weighted by molar-refractivity contribution is -0.132. The molecule has 0 saturated heterocycles.